The number of fused-ring (bicyclic) bond motifs is 1. The molecule has 0 unspecified atom stereocenters. The summed E-state index contributed by atoms with van der Waals surface area (Å²) in [6.45, 7) is 1.58. The van der Waals surface area contributed by atoms with Crippen LogP contribution in [0, 0.1) is 0 Å². The second-order valence-corrected chi connectivity index (χ2v) is 9.49. The summed E-state index contributed by atoms with van der Waals surface area (Å²) in [7, 11) is 1.68. The molecule has 164 valence electrons. The molecule has 6 rings (SSSR count). The Hall–Kier alpha value is -2.90. The van der Waals surface area contributed by atoms with Gasteiger partial charge in [0.15, 0.2) is 5.75 Å². The van der Waals surface area contributed by atoms with Crippen LogP contribution in [-0.2, 0) is 4.74 Å². The zero-order valence-electron chi connectivity index (χ0n) is 18.0. The van der Waals surface area contributed by atoms with E-state index < -0.39 is 0 Å². The van der Waals surface area contributed by atoms with Gasteiger partial charge in [-0.2, -0.15) is 5.10 Å². The molecule has 1 aromatic carbocycles. The van der Waals surface area contributed by atoms with Gasteiger partial charge in [-0.15, -0.1) is 11.3 Å². The van der Waals surface area contributed by atoms with Gasteiger partial charge in [0.05, 0.1) is 29.6 Å². The van der Waals surface area contributed by atoms with Crippen molar-refractivity contribution in [2.45, 2.75) is 37.6 Å². The topological polar surface area (TPSA) is 58.4 Å². The van der Waals surface area contributed by atoms with Gasteiger partial charge in [-0.1, -0.05) is 0 Å². The van der Waals surface area contributed by atoms with Gasteiger partial charge in [0, 0.05) is 36.3 Å². The van der Waals surface area contributed by atoms with Crippen molar-refractivity contribution in [3.05, 3.63) is 54.5 Å². The molecule has 2 fully saturated rings. The smallest absolute Gasteiger partial charge is 0.168 e. The Balaban J connectivity index is 1.35. The minimum atomic E-state index is 0.384. The molecule has 0 N–H and O–H groups in total. The standard InChI is InChI=1S/C25H25N3O3S/c1-29-19-6-2-16(3-7-19)23-14-20-25(32-23)21(8-11-26-20)31-22-15-28(18-4-5-18)27-24(22)17-9-12-30-13-10-17/h2-3,6-8,11,14-15,17-18H,4-5,9-10,12-13H2,1H3. The molecule has 1 aliphatic carbocycles. The van der Waals surface area contributed by atoms with E-state index in [-0.39, 0.29) is 0 Å². The summed E-state index contributed by atoms with van der Waals surface area (Å²) in [5.41, 5.74) is 3.15. The molecule has 0 radical (unpaired) electrons. The lowest BCUT2D eigenvalue weighted by molar-refractivity contribution is 0.0839. The molecule has 2 aliphatic rings. The molecule has 7 heteroatoms. The van der Waals surface area contributed by atoms with E-state index in [1.807, 2.05) is 24.4 Å². The molecule has 0 bridgehead atoms. The summed E-state index contributed by atoms with van der Waals surface area (Å²) in [6, 6.07) is 12.7. The third kappa shape index (κ3) is 3.76. The zero-order valence-corrected chi connectivity index (χ0v) is 18.8. The number of nitrogens with zero attached hydrogens (tertiary/aromatic N) is 3. The summed E-state index contributed by atoms with van der Waals surface area (Å²) in [6.07, 6.45) is 8.29. The van der Waals surface area contributed by atoms with Crippen molar-refractivity contribution < 1.29 is 14.2 Å². The first kappa shape index (κ1) is 19.8. The Morgan fingerprint density at radius 1 is 1.03 bits per heavy atom. The fourth-order valence-electron chi connectivity index (χ4n) is 4.26. The van der Waals surface area contributed by atoms with Crippen LogP contribution in [0.4, 0.5) is 0 Å². The number of aromatic nitrogens is 3. The van der Waals surface area contributed by atoms with Crippen LogP contribution in [0.5, 0.6) is 17.2 Å². The van der Waals surface area contributed by atoms with E-state index in [1.165, 1.54) is 12.8 Å². The van der Waals surface area contributed by atoms with Gasteiger partial charge in [0.2, 0.25) is 0 Å². The molecule has 0 amide bonds. The third-order valence-electron chi connectivity index (χ3n) is 6.22. The summed E-state index contributed by atoms with van der Waals surface area (Å²) in [5, 5.41) is 4.95. The maximum absolute atomic E-state index is 6.55. The van der Waals surface area contributed by atoms with Crippen molar-refractivity contribution >= 4 is 21.6 Å². The van der Waals surface area contributed by atoms with Gasteiger partial charge in [0.25, 0.3) is 0 Å². The average molecular weight is 448 g/mol. The molecular formula is C25H25N3O3S. The largest absolute Gasteiger partial charge is 0.497 e. The molecule has 0 atom stereocenters. The molecule has 3 aromatic heterocycles. The zero-order chi connectivity index (χ0) is 21.5. The van der Waals surface area contributed by atoms with Crippen molar-refractivity contribution in [2.75, 3.05) is 20.3 Å². The Kier molecular flexibility index (Phi) is 5.08. The number of ether oxygens (including phenoxy) is 3. The van der Waals surface area contributed by atoms with Crippen LogP contribution < -0.4 is 9.47 Å². The van der Waals surface area contributed by atoms with Gasteiger partial charge in [0.1, 0.15) is 17.2 Å². The van der Waals surface area contributed by atoms with Crippen LogP contribution in [0.1, 0.15) is 43.3 Å². The molecule has 4 aromatic rings. The van der Waals surface area contributed by atoms with Crippen molar-refractivity contribution in [3.63, 3.8) is 0 Å². The van der Waals surface area contributed by atoms with Crippen LogP contribution in [0.15, 0.2) is 48.8 Å². The van der Waals surface area contributed by atoms with Crippen molar-refractivity contribution in [1.82, 2.24) is 14.8 Å². The molecule has 32 heavy (non-hydrogen) atoms. The van der Waals surface area contributed by atoms with E-state index in [0.29, 0.717) is 12.0 Å². The quantitative estimate of drug-likeness (QED) is 0.353. The van der Waals surface area contributed by atoms with E-state index >= 15 is 0 Å². The van der Waals surface area contributed by atoms with Crippen LogP contribution in [0.2, 0.25) is 0 Å². The molecular weight excluding hydrogens is 422 g/mol. The van der Waals surface area contributed by atoms with Crippen LogP contribution in [-0.4, -0.2) is 35.1 Å². The Morgan fingerprint density at radius 2 is 1.84 bits per heavy atom. The van der Waals surface area contributed by atoms with Gasteiger partial charge in [-0.05, 0) is 61.6 Å². The average Bonchev–Trinajstić information content (AvgIpc) is 3.46. The second-order valence-electron chi connectivity index (χ2n) is 8.44. The van der Waals surface area contributed by atoms with Gasteiger partial charge in [-0.3, -0.25) is 9.67 Å². The molecule has 1 saturated heterocycles. The molecule has 0 spiro atoms. The Labute approximate surface area is 190 Å². The van der Waals surface area contributed by atoms with Crippen molar-refractivity contribution in [1.29, 1.82) is 0 Å². The van der Waals surface area contributed by atoms with Crippen LogP contribution >= 0.6 is 11.3 Å². The summed E-state index contributed by atoms with van der Waals surface area (Å²) in [4.78, 5) is 5.74. The number of thiophene rings is 1. The lowest BCUT2D eigenvalue weighted by atomic mass is 9.96. The monoisotopic (exact) mass is 447 g/mol. The van der Waals surface area contributed by atoms with Gasteiger partial charge >= 0.3 is 0 Å². The highest BCUT2D eigenvalue weighted by atomic mass is 32.1. The van der Waals surface area contributed by atoms with Gasteiger partial charge < -0.3 is 14.2 Å². The molecule has 1 saturated carbocycles. The van der Waals surface area contributed by atoms with Crippen LogP contribution in [0.3, 0.4) is 0 Å². The van der Waals surface area contributed by atoms with Crippen molar-refractivity contribution in [2.24, 2.45) is 0 Å². The molecule has 1 aliphatic heterocycles. The first-order valence-electron chi connectivity index (χ1n) is 11.2. The Morgan fingerprint density at radius 3 is 2.59 bits per heavy atom. The van der Waals surface area contributed by atoms with E-state index in [0.717, 1.165) is 69.7 Å². The third-order valence-corrected chi connectivity index (χ3v) is 7.41. The SMILES string of the molecule is COc1ccc(-c2cc3nccc(Oc4cn(C5CC5)nc4C4CCOCC4)c3s2)cc1. The predicted molar refractivity (Wildman–Crippen MR) is 125 cm³/mol. The highest BCUT2D eigenvalue weighted by molar-refractivity contribution is 7.22. The summed E-state index contributed by atoms with van der Waals surface area (Å²) in [5.74, 6) is 2.94. The lowest BCUT2D eigenvalue weighted by Crippen LogP contribution is -2.15. The number of hydrogen-bond acceptors (Lipinski definition) is 6. The van der Waals surface area contributed by atoms with Crippen molar-refractivity contribution in [3.8, 4) is 27.7 Å². The number of pyridine rings is 1. The van der Waals surface area contributed by atoms with E-state index in [4.69, 9.17) is 19.3 Å². The molecule has 6 nitrogen and oxygen atoms in total. The van der Waals surface area contributed by atoms with Gasteiger partial charge in [-0.25, -0.2) is 0 Å². The molecule has 4 heterocycles. The fourth-order valence-corrected chi connectivity index (χ4v) is 5.33. The number of benzene rings is 1. The first-order chi connectivity index (χ1) is 15.8. The highest BCUT2D eigenvalue weighted by Gasteiger charge is 2.30. The summed E-state index contributed by atoms with van der Waals surface area (Å²) >= 11 is 1.70. The maximum atomic E-state index is 6.55. The van der Waals surface area contributed by atoms with E-state index in [9.17, 15) is 0 Å². The summed E-state index contributed by atoms with van der Waals surface area (Å²) < 4.78 is 20.6. The second kappa shape index (κ2) is 8.22. The van der Waals surface area contributed by atoms with E-state index in [1.54, 1.807) is 18.4 Å². The Bertz CT molecular complexity index is 1240. The number of rotatable bonds is 6. The fraction of sp³-hybridized carbons (Fsp3) is 0.360. The normalized spacial score (nSPS) is 17.0. The lowest BCUT2D eigenvalue weighted by Gasteiger charge is -2.21. The van der Waals surface area contributed by atoms with Crippen LogP contribution in [0.25, 0.3) is 20.7 Å². The maximum Gasteiger partial charge on any atom is 0.168 e. The number of hydrogen-bond donors (Lipinski definition) is 0. The highest BCUT2D eigenvalue weighted by Crippen LogP contribution is 2.43. The minimum Gasteiger partial charge on any atom is -0.497 e. The number of methoxy groups -OCH3 is 1. The minimum absolute atomic E-state index is 0.384. The predicted octanol–water partition coefficient (Wildman–Crippen LogP) is 6.19. The van der Waals surface area contributed by atoms with E-state index in [2.05, 4.69) is 34.1 Å². The first-order valence-corrected chi connectivity index (χ1v) is 12.0.